The molecule has 1 saturated heterocycles. The number of hydrogen-bond acceptors (Lipinski definition) is 17. The summed E-state index contributed by atoms with van der Waals surface area (Å²) < 4.78 is 64.1. The smallest absolute Gasteiger partial charge is 0.411 e. The molecule has 0 saturated carbocycles. The van der Waals surface area contributed by atoms with Crippen LogP contribution in [0.3, 0.4) is 0 Å². The minimum absolute atomic E-state index is 0.0195. The Morgan fingerprint density at radius 3 is 2.09 bits per heavy atom. The Bertz CT molecular complexity index is 2210. The number of fused-ring (bicyclic) bond motifs is 7. The third-order valence-electron chi connectivity index (χ3n) is 11.2. The molecule has 5 rings (SSSR count). The monoisotopic (exact) mass is 1010 g/mol. The van der Waals surface area contributed by atoms with Crippen LogP contribution in [-0.4, -0.2) is 137 Å². The number of nitrogens with one attached hydrogen (secondary N) is 1. The summed E-state index contributed by atoms with van der Waals surface area (Å²) in [5.41, 5.74) is 3.20. The number of nitrogens with zero attached hydrogens (tertiary/aromatic N) is 3. The molecule has 18 nitrogen and oxygen atoms in total. The molecule has 2 aromatic carbocycles. The summed E-state index contributed by atoms with van der Waals surface area (Å²) >= 11 is 21.6. The number of ether oxygens (including phenoxy) is 11. The van der Waals surface area contributed by atoms with Crippen molar-refractivity contribution >= 4 is 65.6 Å². The van der Waals surface area contributed by atoms with Crippen LogP contribution in [0.4, 0.5) is 9.59 Å². The van der Waals surface area contributed by atoms with E-state index in [-0.39, 0.29) is 62.8 Å². The molecule has 3 heterocycles. The topological polar surface area (TPSA) is 195 Å². The first-order valence-electron chi connectivity index (χ1n) is 20.8. The number of halogens is 3. The molecule has 67 heavy (non-hydrogen) atoms. The average Bonchev–Trinajstić information content (AvgIpc) is 3.30. The lowest BCUT2D eigenvalue weighted by Crippen LogP contribution is -2.71. The maximum atomic E-state index is 14.7. The van der Waals surface area contributed by atoms with Crippen molar-refractivity contribution < 1.29 is 66.5 Å². The first kappa shape index (κ1) is 53.2. The van der Waals surface area contributed by atoms with Gasteiger partial charge in [0.1, 0.15) is 63.8 Å². The van der Waals surface area contributed by atoms with Gasteiger partial charge in [-0.3, -0.25) is 9.80 Å². The van der Waals surface area contributed by atoms with E-state index in [1.807, 2.05) is 17.9 Å². The number of benzene rings is 2. The van der Waals surface area contributed by atoms with Gasteiger partial charge in [-0.05, 0) is 31.4 Å². The number of carbonyl (C=O) groups excluding carboxylic acids is 3. The molecule has 3 aliphatic heterocycles. The zero-order chi connectivity index (χ0) is 49.2. The maximum Gasteiger partial charge on any atom is 0.411 e. The predicted octanol–water partition coefficient (Wildman–Crippen LogP) is 6.95. The van der Waals surface area contributed by atoms with Gasteiger partial charge in [0.05, 0.1) is 44.5 Å². The van der Waals surface area contributed by atoms with Crippen molar-refractivity contribution in [3.05, 3.63) is 77.4 Å². The van der Waals surface area contributed by atoms with Crippen molar-refractivity contribution in [2.45, 2.75) is 66.4 Å². The lowest BCUT2D eigenvalue weighted by atomic mass is 9.70. The van der Waals surface area contributed by atoms with Crippen molar-refractivity contribution in [2.75, 3.05) is 80.8 Å². The average molecular weight is 1010 g/mol. The van der Waals surface area contributed by atoms with E-state index in [4.69, 9.17) is 86.9 Å². The van der Waals surface area contributed by atoms with Crippen molar-refractivity contribution in [3.63, 3.8) is 0 Å². The van der Waals surface area contributed by atoms with Crippen molar-refractivity contribution in [2.24, 2.45) is 0 Å². The SMILES string of the molecule is C=CCOC(=O)N1[C@@H]2c3c(cc(C)c(OC)c3OCC=C)C[C@H]1[C@H](C#N)N1[C@H]2[C@H](OCOC)c2c(OCOC)c(C)c(OC)c(OCC=C)c2[C@@H]1COC(=O)[C@H](CS)NC(=O)OCC(Cl)(Cl)Cl. The second-order valence-corrected chi connectivity index (χ2v) is 18.1. The zero-order valence-corrected chi connectivity index (χ0v) is 41.1. The molecule has 2 amide bonds. The van der Waals surface area contributed by atoms with Crippen LogP contribution in [0.1, 0.15) is 51.6 Å². The van der Waals surface area contributed by atoms with Gasteiger partial charge in [-0.15, -0.1) is 0 Å². The predicted molar refractivity (Wildman–Crippen MR) is 250 cm³/mol. The van der Waals surface area contributed by atoms with Crippen LogP contribution < -0.4 is 29.0 Å². The minimum Gasteiger partial charge on any atom is -0.493 e. The number of nitriles is 1. The fourth-order valence-corrected chi connectivity index (χ4v) is 9.31. The molecule has 22 heteroatoms. The van der Waals surface area contributed by atoms with Crippen molar-refractivity contribution in [1.82, 2.24) is 15.1 Å². The van der Waals surface area contributed by atoms with Crippen LogP contribution in [0.25, 0.3) is 0 Å². The van der Waals surface area contributed by atoms with Crippen LogP contribution >= 0.6 is 47.4 Å². The van der Waals surface area contributed by atoms with Gasteiger partial charge in [0.2, 0.25) is 3.79 Å². The Balaban J connectivity index is 1.89. The number of aryl methyl sites for hydroxylation is 1. The van der Waals surface area contributed by atoms with E-state index in [0.29, 0.717) is 33.8 Å². The number of amides is 2. The molecule has 0 radical (unpaired) electrons. The van der Waals surface area contributed by atoms with Crippen molar-refractivity contribution in [1.29, 1.82) is 5.26 Å². The molecule has 7 atom stereocenters. The molecule has 3 aliphatic rings. The quantitative estimate of drug-likeness (QED) is 0.0307. The van der Waals surface area contributed by atoms with E-state index in [1.54, 1.807) is 13.0 Å². The normalized spacial score (nSPS) is 20.9. The zero-order valence-electron chi connectivity index (χ0n) is 38.0. The fourth-order valence-electron chi connectivity index (χ4n) is 8.90. The van der Waals surface area contributed by atoms with E-state index in [0.717, 1.165) is 11.1 Å². The summed E-state index contributed by atoms with van der Waals surface area (Å²) in [6.45, 7) is 13.3. The summed E-state index contributed by atoms with van der Waals surface area (Å²) in [6, 6.07) is -2.32. The van der Waals surface area contributed by atoms with Crippen LogP contribution in [-0.2, 0) is 39.6 Å². The van der Waals surface area contributed by atoms with Gasteiger partial charge in [-0.1, -0.05) is 78.8 Å². The maximum absolute atomic E-state index is 14.7. The van der Waals surface area contributed by atoms with E-state index < -0.39 is 77.5 Å². The second-order valence-electron chi connectivity index (χ2n) is 15.2. The summed E-state index contributed by atoms with van der Waals surface area (Å²) in [6.07, 6.45) is 1.68. The van der Waals surface area contributed by atoms with Gasteiger partial charge < -0.3 is 57.4 Å². The van der Waals surface area contributed by atoms with E-state index in [1.165, 1.54) is 45.5 Å². The highest BCUT2D eigenvalue weighted by molar-refractivity contribution is 7.80. The third kappa shape index (κ3) is 11.2. The van der Waals surface area contributed by atoms with Gasteiger partial charge in [0.15, 0.2) is 29.8 Å². The Labute approximate surface area is 410 Å². The Morgan fingerprint density at radius 1 is 0.881 bits per heavy atom. The molecular weight excluding hydrogens is 959 g/mol. The standard InChI is InChI=1S/C45H55Cl3N4O14S/c1-10-13-60-40-31-26(16-24(4)36(40)58-8)17-28-29(18-49)51-30(19-63-42(53)27(20-67)50-43(54)64-21-45(46,47)48)32-33(37(65-22-56-6)25(5)38(59-9)41(32)61-14-11-2)39(66-23-57-7)35(51)34(31)52(28)44(55)62-15-12-3/h10-12,16,27-30,34-35,39,67H,1-3,13-15,17,19-23H2,4-9H3,(H,50,54)/t27-,28-,29-,30-,34+,35+,39+/m0/s1. The molecule has 1 fully saturated rings. The first-order chi connectivity index (χ1) is 32.1. The van der Waals surface area contributed by atoms with Crippen LogP contribution in [0, 0.1) is 25.2 Å². The number of piperazine rings is 1. The Morgan fingerprint density at radius 2 is 1.52 bits per heavy atom. The van der Waals surface area contributed by atoms with Crippen LogP contribution in [0.15, 0.2) is 44.0 Å². The molecular formula is C45H55Cl3N4O14S. The molecule has 0 aromatic heterocycles. The molecule has 0 aliphatic carbocycles. The first-order valence-corrected chi connectivity index (χ1v) is 22.5. The lowest BCUT2D eigenvalue weighted by molar-refractivity contribution is -0.174. The molecule has 1 N–H and O–H groups in total. The molecule has 2 aromatic rings. The summed E-state index contributed by atoms with van der Waals surface area (Å²) in [7, 11) is 5.86. The molecule has 0 unspecified atom stereocenters. The largest absolute Gasteiger partial charge is 0.493 e. The Hall–Kier alpha value is -4.78. The summed E-state index contributed by atoms with van der Waals surface area (Å²) in [4.78, 5) is 44.9. The number of carbonyl (C=O) groups is 3. The molecule has 366 valence electrons. The number of hydrogen-bond donors (Lipinski definition) is 2. The fraction of sp³-hybridized carbons (Fsp3) is 0.511. The number of rotatable bonds is 22. The minimum atomic E-state index is -1.92. The summed E-state index contributed by atoms with van der Waals surface area (Å²) in [5.74, 6) is 0.197. The van der Waals surface area contributed by atoms with Crippen LogP contribution in [0.5, 0.6) is 28.7 Å². The lowest BCUT2D eigenvalue weighted by Gasteiger charge is -2.61. The summed E-state index contributed by atoms with van der Waals surface area (Å²) in [5, 5.41) is 13.9. The molecule has 0 spiro atoms. The van der Waals surface area contributed by atoms with Gasteiger partial charge in [-0.2, -0.15) is 17.9 Å². The number of methoxy groups -OCH3 is 4. The van der Waals surface area contributed by atoms with E-state index >= 15 is 0 Å². The number of alkyl carbamates (subject to hydrolysis) is 1. The highest BCUT2D eigenvalue weighted by Crippen LogP contribution is 2.62. The number of alkyl halides is 3. The second kappa shape index (κ2) is 24.0. The van der Waals surface area contributed by atoms with E-state index in [9.17, 15) is 19.6 Å². The van der Waals surface area contributed by atoms with Crippen molar-refractivity contribution in [3.8, 4) is 34.8 Å². The van der Waals surface area contributed by atoms with Gasteiger partial charge >= 0.3 is 18.2 Å². The Kier molecular flexibility index (Phi) is 19.0. The number of esters is 1. The van der Waals surface area contributed by atoms with Gasteiger partial charge in [0, 0.05) is 42.2 Å². The van der Waals surface area contributed by atoms with Gasteiger partial charge in [0.25, 0.3) is 0 Å². The highest BCUT2D eigenvalue weighted by atomic mass is 35.6. The molecule has 2 bridgehead atoms. The third-order valence-corrected chi connectivity index (χ3v) is 11.9. The highest BCUT2D eigenvalue weighted by Gasteiger charge is 2.63. The van der Waals surface area contributed by atoms with Gasteiger partial charge in [-0.25, -0.2) is 14.4 Å². The van der Waals surface area contributed by atoms with Crippen LogP contribution in [0.2, 0.25) is 0 Å². The van der Waals surface area contributed by atoms with E-state index in [2.05, 4.69) is 43.8 Å². The number of thiol groups is 1.